The normalized spacial score (nSPS) is 20.8. The highest BCUT2D eigenvalue weighted by Crippen LogP contribution is 2.33. The van der Waals surface area contributed by atoms with Crippen molar-refractivity contribution in [2.75, 3.05) is 13.2 Å². The Morgan fingerprint density at radius 1 is 1.35 bits per heavy atom. The first-order valence-electron chi connectivity index (χ1n) is 7.54. The SMILES string of the molecule is NC(CC1CCCC1)c1ccc2c(c1)C(=O)NCCO2. The van der Waals surface area contributed by atoms with Crippen LogP contribution in [0.2, 0.25) is 0 Å². The zero-order valence-electron chi connectivity index (χ0n) is 11.7. The summed E-state index contributed by atoms with van der Waals surface area (Å²) in [5.41, 5.74) is 7.97. The first-order chi connectivity index (χ1) is 9.74. The van der Waals surface area contributed by atoms with Gasteiger partial charge in [0.05, 0.1) is 12.1 Å². The van der Waals surface area contributed by atoms with Crippen molar-refractivity contribution in [1.82, 2.24) is 5.32 Å². The van der Waals surface area contributed by atoms with Crippen LogP contribution in [0.3, 0.4) is 0 Å². The first kappa shape index (κ1) is 13.4. The molecule has 0 radical (unpaired) electrons. The van der Waals surface area contributed by atoms with Gasteiger partial charge in [-0.1, -0.05) is 31.7 Å². The number of ether oxygens (including phenoxy) is 1. The summed E-state index contributed by atoms with van der Waals surface area (Å²) in [6.07, 6.45) is 6.27. The topological polar surface area (TPSA) is 64.4 Å². The molecule has 0 saturated heterocycles. The summed E-state index contributed by atoms with van der Waals surface area (Å²) < 4.78 is 5.56. The van der Waals surface area contributed by atoms with Gasteiger partial charge in [0.2, 0.25) is 0 Å². The largest absolute Gasteiger partial charge is 0.491 e. The van der Waals surface area contributed by atoms with Gasteiger partial charge >= 0.3 is 0 Å². The molecule has 2 aliphatic rings. The Hall–Kier alpha value is -1.55. The number of amides is 1. The van der Waals surface area contributed by atoms with Crippen LogP contribution in [0.15, 0.2) is 18.2 Å². The Morgan fingerprint density at radius 2 is 2.15 bits per heavy atom. The predicted octanol–water partition coefficient (Wildman–Crippen LogP) is 2.39. The van der Waals surface area contributed by atoms with Gasteiger partial charge < -0.3 is 15.8 Å². The molecule has 1 saturated carbocycles. The third-order valence-corrected chi connectivity index (χ3v) is 4.38. The quantitative estimate of drug-likeness (QED) is 0.889. The van der Waals surface area contributed by atoms with E-state index in [1.165, 1.54) is 25.7 Å². The Balaban J connectivity index is 1.78. The number of carbonyl (C=O) groups excluding carboxylic acids is 1. The van der Waals surface area contributed by atoms with Crippen LogP contribution in [-0.4, -0.2) is 19.1 Å². The first-order valence-corrected chi connectivity index (χ1v) is 7.54. The van der Waals surface area contributed by atoms with Crippen LogP contribution in [0.1, 0.15) is 54.1 Å². The zero-order valence-corrected chi connectivity index (χ0v) is 11.7. The van der Waals surface area contributed by atoms with Gasteiger partial charge in [-0.15, -0.1) is 0 Å². The molecule has 0 aromatic heterocycles. The highest BCUT2D eigenvalue weighted by Gasteiger charge is 2.22. The minimum Gasteiger partial charge on any atom is -0.491 e. The highest BCUT2D eigenvalue weighted by atomic mass is 16.5. The molecule has 1 aliphatic carbocycles. The van der Waals surface area contributed by atoms with E-state index in [9.17, 15) is 4.79 Å². The van der Waals surface area contributed by atoms with Crippen LogP contribution < -0.4 is 15.8 Å². The van der Waals surface area contributed by atoms with E-state index < -0.39 is 0 Å². The van der Waals surface area contributed by atoms with Gasteiger partial charge in [0.1, 0.15) is 12.4 Å². The molecule has 4 heteroatoms. The molecule has 0 spiro atoms. The van der Waals surface area contributed by atoms with E-state index in [1.807, 2.05) is 18.2 Å². The Labute approximate surface area is 119 Å². The lowest BCUT2D eigenvalue weighted by Crippen LogP contribution is -2.24. The molecular formula is C16H22N2O2. The number of carbonyl (C=O) groups is 1. The summed E-state index contributed by atoms with van der Waals surface area (Å²) >= 11 is 0. The van der Waals surface area contributed by atoms with Crippen molar-refractivity contribution in [3.63, 3.8) is 0 Å². The van der Waals surface area contributed by atoms with E-state index >= 15 is 0 Å². The smallest absolute Gasteiger partial charge is 0.255 e. The average molecular weight is 274 g/mol. The Morgan fingerprint density at radius 3 is 2.95 bits per heavy atom. The number of hydrogen-bond donors (Lipinski definition) is 2. The van der Waals surface area contributed by atoms with Crippen molar-refractivity contribution >= 4 is 5.91 Å². The maximum atomic E-state index is 12.0. The van der Waals surface area contributed by atoms with Crippen molar-refractivity contribution < 1.29 is 9.53 Å². The average Bonchev–Trinajstić information content (AvgIpc) is 2.89. The van der Waals surface area contributed by atoms with E-state index in [-0.39, 0.29) is 11.9 Å². The summed E-state index contributed by atoms with van der Waals surface area (Å²) in [5, 5.41) is 2.84. The van der Waals surface area contributed by atoms with Crippen LogP contribution >= 0.6 is 0 Å². The van der Waals surface area contributed by atoms with E-state index in [0.29, 0.717) is 24.5 Å². The number of benzene rings is 1. The molecule has 1 aromatic carbocycles. The second-order valence-corrected chi connectivity index (χ2v) is 5.85. The molecule has 108 valence electrons. The molecule has 1 unspecified atom stereocenters. The molecule has 1 aromatic rings. The van der Waals surface area contributed by atoms with Gasteiger partial charge in [0, 0.05) is 6.04 Å². The van der Waals surface area contributed by atoms with E-state index in [2.05, 4.69) is 5.32 Å². The molecule has 1 heterocycles. The number of hydrogen-bond acceptors (Lipinski definition) is 3. The van der Waals surface area contributed by atoms with Gasteiger partial charge in [0.15, 0.2) is 0 Å². The van der Waals surface area contributed by atoms with Crippen molar-refractivity contribution in [1.29, 1.82) is 0 Å². The lowest BCUT2D eigenvalue weighted by Gasteiger charge is -2.18. The van der Waals surface area contributed by atoms with Crippen LogP contribution in [0, 0.1) is 5.92 Å². The molecule has 1 fully saturated rings. The monoisotopic (exact) mass is 274 g/mol. The van der Waals surface area contributed by atoms with Gasteiger partial charge in [-0.05, 0) is 30.0 Å². The van der Waals surface area contributed by atoms with Gasteiger partial charge in [-0.3, -0.25) is 4.79 Å². The molecule has 4 nitrogen and oxygen atoms in total. The molecule has 20 heavy (non-hydrogen) atoms. The van der Waals surface area contributed by atoms with E-state index in [4.69, 9.17) is 10.5 Å². The fraction of sp³-hybridized carbons (Fsp3) is 0.562. The van der Waals surface area contributed by atoms with Crippen molar-refractivity contribution in [2.45, 2.75) is 38.1 Å². The summed E-state index contributed by atoms with van der Waals surface area (Å²) in [4.78, 5) is 12.0. The Bertz CT molecular complexity index is 495. The van der Waals surface area contributed by atoms with Crippen molar-refractivity contribution in [3.05, 3.63) is 29.3 Å². The molecule has 0 bridgehead atoms. The van der Waals surface area contributed by atoms with Gasteiger partial charge in [-0.2, -0.15) is 0 Å². The van der Waals surface area contributed by atoms with Crippen LogP contribution in [0.5, 0.6) is 5.75 Å². The van der Waals surface area contributed by atoms with E-state index in [1.54, 1.807) is 0 Å². The molecular weight excluding hydrogens is 252 g/mol. The van der Waals surface area contributed by atoms with Gasteiger partial charge in [0.25, 0.3) is 5.91 Å². The minimum absolute atomic E-state index is 0.0134. The fourth-order valence-electron chi connectivity index (χ4n) is 3.24. The third-order valence-electron chi connectivity index (χ3n) is 4.38. The predicted molar refractivity (Wildman–Crippen MR) is 77.8 cm³/mol. The summed E-state index contributed by atoms with van der Waals surface area (Å²) in [6, 6.07) is 5.79. The fourth-order valence-corrected chi connectivity index (χ4v) is 3.24. The second-order valence-electron chi connectivity index (χ2n) is 5.85. The summed E-state index contributed by atoms with van der Waals surface area (Å²) in [6.45, 7) is 1.07. The highest BCUT2D eigenvalue weighted by molar-refractivity contribution is 5.97. The maximum absolute atomic E-state index is 12.0. The molecule has 3 rings (SSSR count). The lowest BCUT2D eigenvalue weighted by atomic mass is 9.93. The number of rotatable bonds is 3. The Kier molecular flexibility index (Phi) is 3.92. The zero-order chi connectivity index (χ0) is 13.9. The number of nitrogens with two attached hydrogens (primary N) is 1. The molecule has 1 amide bonds. The van der Waals surface area contributed by atoms with E-state index in [0.717, 1.165) is 17.9 Å². The van der Waals surface area contributed by atoms with Crippen LogP contribution in [0.4, 0.5) is 0 Å². The van der Waals surface area contributed by atoms with Crippen molar-refractivity contribution in [2.24, 2.45) is 11.7 Å². The molecule has 3 N–H and O–H groups in total. The summed E-state index contributed by atoms with van der Waals surface area (Å²) in [7, 11) is 0. The van der Waals surface area contributed by atoms with Gasteiger partial charge in [-0.25, -0.2) is 0 Å². The maximum Gasteiger partial charge on any atom is 0.255 e. The number of fused-ring (bicyclic) bond motifs is 1. The number of nitrogens with one attached hydrogen (secondary N) is 1. The minimum atomic E-state index is -0.0626. The molecule has 1 atom stereocenters. The molecule has 1 aliphatic heterocycles. The van der Waals surface area contributed by atoms with Crippen LogP contribution in [0.25, 0.3) is 0 Å². The second kappa shape index (κ2) is 5.83. The van der Waals surface area contributed by atoms with Crippen LogP contribution in [-0.2, 0) is 0 Å². The lowest BCUT2D eigenvalue weighted by molar-refractivity contribution is 0.0957. The van der Waals surface area contributed by atoms with Crippen molar-refractivity contribution in [3.8, 4) is 5.75 Å². The third kappa shape index (κ3) is 2.80. The summed E-state index contributed by atoms with van der Waals surface area (Å²) in [5.74, 6) is 1.35. The standard InChI is InChI=1S/C16H22N2O2/c17-14(9-11-3-1-2-4-11)12-5-6-15-13(10-12)16(19)18-7-8-20-15/h5-6,10-11,14H,1-4,7-9,17H2,(H,18,19).